The zero-order chi connectivity index (χ0) is 11.7. The third kappa shape index (κ3) is 2.40. The van der Waals surface area contributed by atoms with Gasteiger partial charge in [-0.2, -0.15) is 0 Å². The minimum atomic E-state index is 0.364. The number of ether oxygens (including phenoxy) is 1. The van der Waals surface area contributed by atoms with Crippen molar-refractivity contribution < 1.29 is 9.13 Å². The number of benzene rings is 1. The molecule has 0 saturated carbocycles. The van der Waals surface area contributed by atoms with Crippen LogP contribution in [0.15, 0.2) is 30.3 Å². The van der Waals surface area contributed by atoms with Crippen LogP contribution in [-0.2, 0) is 11.3 Å². The molecule has 1 aromatic carbocycles. The van der Waals surface area contributed by atoms with Crippen LogP contribution in [0.5, 0.6) is 0 Å². The number of hydrogen-bond donors (Lipinski definition) is 0. The van der Waals surface area contributed by atoms with Gasteiger partial charge in [0, 0.05) is 18.8 Å². The molecule has 0 spiro atoms. The van der Waals surface area contributed by atoms with Gasteiger partial charge in [0.05, 0.1) is 26.2 Å². The Morgan fingerprint density at radius 2 is 1.88 bits per heavy atom. The fraction of sp³-hybridized carbons (Fsp3) is 0.571. The summed E-state index contributed by atoms with van der Waals surface area (Å²) in [5.74, 6) is 0.738. The summed E-state index contributed by atoms with van der Waals surface area (Å²) in [5.41, 5.74) is 1.26. The summed E-state index contributed by atoms with van der Waals surface area (Å²) < 4.78 is 6.80. The van der Waals surface area contributed by atoms with E-state index in [0.717, 1.165) is 36.6 Å². The van der Waals surface area contributed by atoms with E-state index in [-0.39, 0.29) is 0 Å². The number of nitrogens with zero attached hydrogens (tertiary/aromatic N) is 1. The van der Waals surface area contributed by atoms with Crippen LogP contribution >= 0.6 is 0 Å². The Morgan fingerprint density at radius 3 is 2.53 bits per heavy atom. The van der Waals surface area contributed by atoms with Crippen molar-refractivity contribution in [3.05, 3.63) is 35.9 Å². The summed E-state index contributed by atoms with van der Waals surface area (Å²) in [6.45, 7) is 3.99. The standard InChI is InChI=1S/C14H19BNO/c15-16-8-6-13(7-9-16)14(10-16)17-11-12-4-2-1-3-5-12/h1-5,13-14H,6-11H2/q+1/t13?,14-,16?/m0/s1. The molecule has 4 rings (SSSR count). The normalized spacial score (nSPS) is 36.0. The summed E-state index contributed by atoms with van der Waals surface area (Å²) in [5, 5.41) is 0. The highest BCUT2D eigenvalue weighted by molar-refractivity contribution is 5.97. The quantitative estimate of drug-likeness (QED) is 0.718. The molecule has 0 aromatic heterocycles. The van der Waals surface area contributed by atoms with Crippen molar-refractivity contribution in [2.24, 2.45) is 5.92 Å². The van der Waals surface area contributed by atoms with Crippen molar-refractivity contribution in [2.75, 3.05) is 19.6 Å². The smallest absolute Gasteiger partial charge is 0.394 e. The van der Waals surface area contributed by atoms with E-state index in [2.05, 4.69) is 24.3 Å². The Kier molecular flexibility index (Phi) is 2.97. The van der Waals surface area contributed by atoms with Gasteiger partial charge in [-0.15, -0.1) is 0 Å². The fourth-order valence-corrected chi connectivity index (χ4v) is 3.13. The first-order valence-corrected chi connectivity index (χ1v) is 6.55. The Hall–Kier alpha value is -0.795. The molecule has 3 fully saturated rings. The predicted octanol–water partition coefficient (Wildman–Crippen LogP) is 1.90. The Morgan fingerprint density at radius 1 is 1.18 bits per heavy atom. The molecule has 3 aliphatic heterocycles. The van der Waals surface area contributed by atoms with E-state index in [9.17, 15) is 0 Å². The lowest BCUT2D eigenvalue weighted by atomic mass is 9.80. The highest BCUT2D eigenvalue weighted by atomic mass is 16.5. The molecule has 2 nitrogen and oxygen atoms in total. The van der Waals surface area contributed by atoms with Gasteiger partial charge in [-0.1, -0.05) is 30.3 Å². The molecule has 1 atom stereocenters. The van der Waals surface area contributed by atoms with Crippen molar-refractivity contribution in [3.63, 3.8) is 0 Å². The number of quaternary nitrogens is 1. The van der Waals surface area contributed by atoms with Gasteiger partial charge < -0.3 is 9.13 Å². The van der Waals surface area contributed by atoms with Gasteiger partial charge in [0.1, 0.15) is 6.10 Å². The van der Waals surface area contributed by atoms with Gasteiger partial charge in [-0.25, -0.2) is 0 Å². The Balaban J connectivity index is 1.59. The second-order valence-corrected chi connectivity index (χ2v) is 5.52. The highest BCUT2D eigenvalue weighted by Crippen LogP contribution is 2.33. The van der Waals surface area contributed by atoms with E-state index in [0.29, 0.717) is 6.10 Å². The second-order valence-electron chi connectivity index (χ2n) is 5.52. The molecule has 88 valence electrons. The monoisotopic (exact) mass is 228 g/mol. The first-order valence-electron chi connectivity index (χ1n) is 6.55. The van der Waals surface area contributed by atoms with E-state index in [1.165, 1.54) is 18.4 Å². The molecule has 0 N–H and O–H groups in total. The first kappa shape index (κ1) is 11.3. The molecule has 0 unspecified atom stereocenters. The lowest BCUT2D eigenvalue weighted by Crippen LogP contribution is -2.62. The van der Waals surface area contributed by atoms with Crippen LogP contribution in [0, 0.1) is 5.92 Å². The Bertz CT molecular complexity index is 373. The number of rotatable bonds is 3. The average Bonchev–Trinajstić information content (AvgIpc) is 2.38. The molecular weight excluding hydrogens is 209 g/mol. The van der Waals surface area contributed by atoms with E-state index in [1.54, 1.807) is 0 Å². The minimum Gasteiger partial charge on any atom is -0.394 e. The second kappa shape index (κ2) is 4.47. The van der Waals surface area contributed by atoms with Crippen molar-refractivity contribution in [3.8, 4) is 0 Å². The topological polar surface area (TPSA) is 9.23 Å². The third-order valence-electron chi connectivity index (χ3n) is 4.27. The Labute approximate surface area is 105 Å². The largest absolute Gasteiger partial charge is 0.481 e. The maximum atomic E-state index is 6.31. The molecule has 17 heavy (non-hydrogen) atoms. The number of piperidine rings is 3. The van der Waals surface area contributed by atoms with Gasteiger partial charge in [-0.3, -0.25) is 0 Å². The SMILES string of the molecule is [B][N+]12CCC(CC1)[C@@H](OCc1ccccc1)C2. The lowest BCUT2D eigenvalue weighted by Gasteiger charge is -2.51. The van der Waals surface area contributed by atoms with Crippen molar-refractivity contribution in [1.82, 2.24) is 0 Å². The first-order chi connectivity index (χ1) is 8.25. The molecule has 0 aliphatic carbocycles. The summed E-state index contributed by atoms with van der Waals surface area (Å²) in [7, 11) is 6.31. The van der Waals surface area contributed by atoms with Gasteiger partial charge in [0.25, 0.3) is 0 Å². The summed E-state index contributed by atoms with van der Waals surface area (Å²) in [6, 6.07) is 10.4. The summed E-state index contributed by atoms with van der Waals surface area (Å²) >= 11 is 0. The average molecular weight is 228 g/mol. The summed E-state index contributed by atoms with van der Waals surface area (Å²) in [4.78, 5) is 0. The highest BCUT2D eigenvalue weighted by Gasteiger charge is 2.43. The molecule has 3 heteroatoms. The molecule has 2 radical (unpaired) electrons. The van der Waals surface area contributed by atoms with Gasteiger partial charge in [0.2, 0.25) is 0 Å². The van der Waals surface area contributed by atoms with Crippen LogP contribution in [-0.4, -0.2) is 38.1 Å². The van der Waals surface area contributed by atoms with Crippen LogP contribution in [0.2, 0.25) is 0 Å². The van der Waals surface area contributed by atoms with Gasteiger partial charge in [-0.05, 0) is 5.56 Å². The lowest BCUT2D eigenvalue weighted by molar-refractivity contribution is -0.841. The molecule has 0 amide bonds. The van der Waals surface area contributed by atoms with Gasteiger partial charge in [0.15, 0.2) is 0 Å². The number of hydrogen-bond acceptors (Lipinski definition) is 1. The predicted molar refractivity (Wildman–Crippen MR) is 68.4 cm³/mol. The van der Waals surface area contributed by atoms with Crippen molar-refractivity contribution in [2.45, 2.75) is 25.6 Å². The van der Waals surface area contributed by atoms with Crippen molar-refractivity contribution >= 4 is 7.98 Å². The fourth-order valence-electron chi connectivity index (χ4n) is 3.13. The van der Waals surface area contributed by atoms with E-state index in [1.807, 2.05) is 6.07 Å². The maximum Gasteiger partial charge on any atom is 0.481 e. The number of fused-ring (bicyclic) bond motifs is 3. The van der Waals surface area contributed by atoms with Crippen LogP contribution < -0.4 is 0 Å². The third-order valence-corrected chi connectivity index (χ3v) is 4.27. The van der Waals surface area contributed by atoms with Crippen LogP contribution in [0.3, 0.4) is 0 Å². The molecule has 1 aromatic rings. The van der Waals surface area contributed by atoms with E-state index in [4.69, 9.17) is 12.7 Å². The molecular formula is C14H19BNO+. The van der Waals surface area contributed by atoms with Crippen LogP contribution in [0.1, 0.15) is 18.4 Å². The van der Waals surface area contributed by atoms with Crippen LogP contribution in [0.25, 0.3) is 0 Å². The van der Waals surface area contributed by atoms with Crippen molar-refractivity contribution in [1.29, 1.82) is 0 Å². The van der Waals surface area contributed by atoms with E-state index < -0.39 is 0 Å². The molecule has 3 aliphatic rings. The summed E-state index contributed by atoms with van der Waals surface area (Å²) in [6.07, 6.45) is 2.83. The van der Waals surface area contributed by atoms with Crippen LogP contribution in [0.4, 0.5) is 0 Å². The zero-order valence-corrected chi connectivity index (χ0v) is 10.2. The maximum absolute atomic E-state index is 6.31. The van der Waals surface area contributed by atoms with Gasteiger partial charge >= 0.3 is 7.98 Å². The molecule has 3 saturated heterocycles. The molecule has 3 heterocycles. The zero-order valence-electron chi connectivity index (χ0n) is 10.2. The minimum absolute atomic E-state index is 0.364. The van der Waals surface area contributed by atoms with E-state index >= 15 is 0 Å². The molecule has 2 bridgehead atoms.